The van der Waals surface area contributed by atoms with Crippen LogP contribution in [0.4, 0.5) is 0 Å². The fourth-order valence-corrected chi connectivity index (χ4v) is 4.17. The summed E-state index contributed by atoms with van der Waals surface area (Å²) in [6.45, 7) is 4.73. The molecule has 0 saturated carbocycles. The van der Waals surface area contributed by atoms with Crippen LogP contribution in [0.3, 0.4) is 0 Å². The number of ether oxygens (including phenoxy) is 1. The number of rotatable bonds is 3. The molecule has 1 aromatic carbocycles. The average Bonchev–Trinajstić information content (AvgIpc) is 3.09. The van der Waals surface area contributed by atoms with Gasteiger partial charge in [-0.05, 0) is 49.4 Å². The van der Waals surface area contributed by atoms with E-state index in [4.69, 9.17) is 10.5 Å². The van der Waals surface area contributed by atoms with E-state index in [0.29, 0.717) is 19.5 Å². The number of benzene rings is 1. The number of amides is 2. The van der Waals surface area contributed by atoms with Crippen LogP contribution in [0.1, 0.15) is 28.6 Å². The second-order valence-corrected chi connectivity index (χ2v) is 7.37. The Hall–Kier alpha value is -2.08. The van der Waals surface area contributed by atoms with Crippen LogP contribution in [-0.4, -0.2) is 36.9 Å². The normalized spacial score (nSPS) is 20.9. The van der Waals surface area contributed by atoms with Gasteiger partial charge < -0.3 is 15.4 Å². The van der Waals surface area contributed by atoms with E-state index in [1.165, 1.54) is 11.3 Å². The Labute approximate surface area is 139 Å². The van der Waals surface area contributed by atoms with Gasteiger partial charge in [-0.25, -0.2) is 0 Å². The number of hydrogen-bond acceptors (Lipinski definition) is 4. The largest absolute Gasteiger partial charge is 0.497 e. The third-order valence-corrected chi connectivity index (χ3v) is 5.95. The number of carbonyl (C=O) groups is 2. The molecule has 2 heterocycles. The van der Waals surface area contributed by atoms with Gasteiger partial charge in [-0.3, -0.25) is 9.59 Å². The highest BCUT2D eigenvalue weighted by Crippen LogP contribution is 2.36. The van der Waals surface area contributed by atoms with Gasteiger partial charge in [0.2, 0.25) is 5.91 Å². The Bertz CT molecular complexity index is 798. The summed E-state index contributed by atoms with van der Waals surface area (Å²) in [5.41, 5.74) is 5.81. The van der Waals surface area contributed by atoms with Gasteiger partial charge in [0.1, 0.15) is 5.75 Å². The SMILES string of the molecule is COc1ccc2sc(C(=O)N3CC[C@](C)(C(N)=O)C3)c(C)c2c1. The lowest BCUT2D eigenvalue weighted by atomic mass is 9.89. The maximum Gasteiger partial charge on any atom is 0.264 e. The molecule has 0 bridgehead atoms. The summed E-state index contributed by atoms with van der Waals surface area (Å²) in [6, 6.07) is 5.82. The first-order valence-corrected chi connectivity index (χ1v) is 8.34. The highest BCUT2D eigenvalue weighted by atomic mass is 32.1. The van der Waals surface area contributed by atoms with Crippen molar-refractivity contribution in [2.24, 2.45) is 11.1 Å². The highest BCUT2D eigenvalue weighted by molar-refractivity contribution is 7.21. The van der Waals surface area contributed by atoms with Gasteiger partial charge in [0, 0.05) is 17.8 Å². The number of methoxy groups -OCH3 is 1. The molecule has 122 valence electrons. The molecule has 23 heavy (non-hydrogen) atoms. The molecule has 6 heteroatoms. The Kier molecular flexibility index (Phi) is 3.80. The van der Waals surface area contributed by atoms with Gasteiger partial charge in [0.05, 0.1) is 17.4 Å². The van der Waals surface area contributed by atoms with E-state index in [-0.39, 0.29) is 11.8 Å². The molecule has 2 N–H and O–H groups in total. The zero-order chi connectivity index (χ0) is 16.8. The van der Waals surface area contributed by atoms with Gasteiger partial charge in [0.25, 0.3) is 5.91 Å². The summed E-state index contributed by atoms with van der Waals surface area (Å²) in [7, 11) is 1.63. The lowest BCUT2D eigenvalue weighted by Crippen LogP contribution is -2.38. The van der Waals surface area contributed by atoms with Crippen LogP contribution >= 0.6 is 11.3 Å². The van der Waals surface area contributed by atoms with Crippen molar-refractivity contribution < 1.29 is 14.3 Å². The summed E-state index contributed by atoms with van der Waals surface area (Å²) in [5.74, 6) is 0.415. The molecule has 0 aliphatic carbocycles. The maximum atomic E-state index is 12.9. The fourth-order valence-electron chi connectivity index (χ4n) is 3.01. The monoisotopic (exact) mass is 332 g/mol. The third kappa shape index (κ3) is 2.57. The zero-order valence-corrected chi connectivity index (χ0v) is 14.3. The summed E-state index contributed by atoms with van der Waals surface area (Å²) >= 11 is 1.48. The van der Waals surface area contributed by atoms with E-state index in [9.17, 15) is 9.59 Å². The van der Waals surface area contributed by atoms with Crippen molar-refractivity contribution in [2.75, 3.05) is 20.2 Å². The first-order chi connectivity index (χ1) is 10.9. The molecule has 1 fully saturated rings. The molecule has 1 atom stereocenters. The van der Waals surface area contributed by atoms with E-state index < -0.39 is 5.41 Å². The predicted octanol–water partition coefficient (Wildman–Crippen LogP) is 2.56. The topological polar surface area (TPSA) is 72.6 Å². The Morgan fingerprint density at radius 3 is 2.74 bits per heavy atom. The van der Waals surface area contributed by atoms with Crippen molar-refractivity contribution in [1.29, 1.82) is 0 Å². The maximum absolute atomic E-state index is 12.9. The highest BCUT2D eigenvalue weighted by Gasteiger charge is 2.41. The van der Waals surface area contributed by atoms with E-state index in [2.05, 4.69) is 0 Å². The Morgan fingerprint density at radius 1 is 1.39 bits per heavy atom. The number of nitrogens with zero attached hydrogens (tertiary/aromatic N) is 1. The second kappa shape index (κ2) is 5.53. The van der Waals surface area contributed by atoms with Crippen LogP contribution in [-0.2, 0) is 4.79 Å². The number of nitrogens with two attached hydrogens (primary N) is 1. The first-order valence-electron chi connectivity index (χ1n) is 7.52. The molecule has 2 aromatic rings. The van der Waals surface area contributed by atoms with Crippen molar-refractivity contribution in [2.45, 2.75) is 20.3 Å². The van der Waals surface area contributed by atoms with E-state index >= 15 is 0 Å². The molecule has 1 aliphatic rings. The molecule has 0 unspecified atom stereocenters. The average molecular weight is 332 g/mol. The second-order valence-electron chi connectivity index (χ2n) is 6.32. The quantitative estimate of drug-likeness (QED) is 0.939. The third-order valence-electron chi connectivity index (χ3n) is 4.69. The van der Waals surface area contributed by atoms with Gasteiger partial charge >= 0.3 is 0 Å². The molecular weight excluding hydrogens is 312 g/mol. The molecule has 0 radical (unpaired) electrons. The molecule has 3 rings (SSSR count). The smallest absolute Gasteiger partial charge is 0.264 e. The minimum Gasteiger partial charge on any atom is -0.497 e. The minimum absolute atomic E-state index is 0.0207. The van der Waals surface area contributed by atoms with Crippen molar-refractivity contribution in [3.05, 3.63) is 28.6 Å². The predicted molar refractivity (Wildman–Crippen MR) is 90.9 cm³/mol. The summed E-state index contributed by atoms with van der Waals surface area (Å²) in [4.78, 5) is 26.9. The van der Waals surface area contributed by atoms with Crippen molar-refractivity contribution in [3.63, 3.8) is 0 Å². The van der Waals surface area contributed by atoms with Crippen LogP contribution in [0, 0.1) is 12.3 Å². The molecule has 5 nitrogen and oxygen atoms in total. The van der Waals surface area contributed by atoms with Crippen molar-refractivity contribution in [1.82, 2.24) is 4.90 Å². The Balaban J connectivity index is 1.93. The van der Waals surface area contributed by atoms with E-state index in [1.807, 2.05) is 32.0 Å². The molecule has 0 spiro atoms. The van der Waals surface area contributed by atoms with Crippen LogP contribution in [0.15, 0.2) is 18.2 Å². The number of hydrogen-bond donors (Lipinski definition) is 1. The van der Waals surface area contributed by atoms with Crippen LogP contribution in [0.2, 0.25) is 0 Å². The summed E-state index contributed by atoms with van der Waals surface area (Å²) in [6.07, 6.45) is 0.617. The number of primary amides is 1. The lowest BCUT2D eigenvalue weighted by Gasteiger charge is -2.20. The van der Waals surface area contributed by atoms with E-state index in [0.717, 1.165) is 26.3 Å². The summed E-state index contributed by atoms with van der Waals surface area (Å²) < 4.78 is 6.32. The van der Waals surface area contributed by atoms with Crippen molar-refractivity contribution >= 4 is 33.2 Å². The lowest BCUT2D eigenvalue weighted by molar-refractivity contribution is -0.126. The standard InChI is InChI=1S/C17H20N2O3S/c1-10-12-8-11(22-3)4-5-13(12)23-14(10)15(20)19-7-6-17(2,9-19)16(18)21/h4-5,8H,6-7,9H2,1-3H3,(H2,18,21)/t17-/m0/s1. The molecular formula is C17H20N2O3S. The molecule has 1 saturated heterocycles. The van der Waals surface area contributed by atoms with Gasteiger partial charge in [-0.1, -0.05) is 0 Å². The van der Waals surface area contributed by atoms with Crippen LogP contribution in [0.5, 0.6) is 5.75 Å². The van der Waals surface area contributed by atoms with Gasteiger partial charge in [-0.15, -0.1) is 11.3 Å². The number of likely N-dealkylation sites (tertiary alicyclic amines) is 1. The molecule has 2 amide bonds. The number of thiophene rings is 1. The number of aryl methyl sites for hydroxylation is 1. The van der Waals surface area contributed by atoms with Crippen LogP contribution < -0.4 is 10.5 Å². The fraction of sp³-hybridized carbons (Fsp3) is 0.412. The Morgan fingerprint density at radius 2 is 2.13 bits per heavy atom. The van der Waals surface area contributed by atoms with Crippen molar-refractivity contribution in [3.8, 4) is 5.75 Å². The molecule has 1 aliphatic heterocycles. The summed E-state index contributed by atoms with van der Waals surface area (Å²) in [5, 5.41) is 1.04. The minimum atomic E-state index is -0.622. The molecule has 1 aromatic heterocycles. The van der Waals surface area contributed by atoms with Gasteiger partial charge in [-0.2, -0.15) is 0 Å². The zero-order valence-electron chi connectivity index (χ0n) is 13.5. The van der Waals surface area contributed by atoms with E-state index in [1.54, 1.807) is 12.0 Å². The van der Waals surface area contributed by atoms with Gasteiger partial charge in [0.15, 0.2) is 0 Å². The number of carbonyl (C=O) groups excluding carboxylic acids is 2. The number of fused-ring (bicyclic) bond motifs is 1. The first kappa shape index (κ1) is 15.8. The van der Waals surface area contributed by atoms with Crippen LogP contribution in [0.25, 0.3) is 10.1 Å².